The Kier molecular flexibility index (Phi) is 6.46. The normalized spacial score (nSPS) is 15.7. The van der Waals surface area contributed by atoms with E-state index in [0.717, 1.165) is 31.6 Å². The summed E-state index contributed by atoms with van der Waals surface area (Å²) >= 11 is 0. The summed E-state index contributed by atoms with van der Waals surface area (Å²) in [5.41, 5.74) is 2.23. The van der Waals surface area contributed by atoms with Gasteiger partial charge in [0.05, 0.1) is 0 Å². The van der Waals surface area contributed by atoms with Crippen molar-refractivity contribution in [1.82, 2.24) is 10.2 Å². The molecule has 0 saturated carbocycles. The number of nitrogens with zero attached hydrogens (tertiary/aromatic N) is 1. The molecule has 1 unspecified atom stereocenters. The monoisotopic (exact) mass is 338 g/mol. The van der Waals surface area contributed by atoms with E-state index in [1.165, 1.54) is 18.4 Å². The van der Waals surface area contributed by atoms with Crippen molar-refractivity contribution < 1.29 is 9.53 Å². The number of ether oxygens (including phenoxy) is 1. The van der Waals surface area contributed by atoms with Crippen molar-refractivity contribution in [3.63, 3.8) is 0 Å². The second-order valence-electron chi connectivity index (χ2n) is 6.60. The van der Waals surface area contributed by atoms with Crippen molar-refractivity contribution in [1.29, 1.82) is 0 Å². The molecule has 0 aliphatic carbocycles. The molecule has 1 N–H and O–H groups in total. The van der Waals surface area contributed by atoms with Crippen LogP contribution in [0, 0.1) is 0 Å². The van der Waals surface area contributed by atoms with Crippen molar-refractivity contribution in [3.05, 3.63) is 71.8 Å². The van der Waals surface area contributed by atoms with Gasteiger partial charge < -0.3 is 15.0 Å². The van der Waals surface area contributed by atoms with Crippen LogP contribution in [0.3, 0.4) is 0 Å². The molecular weight excluding hydrogens is 312 g/mol. The summed E-state index contributed by atoms with van der Waals surface area (Å²) in [7, 11) is 0. The molecule has 1 atom stereocenters. The minimum absolute atomic E-state index is 0.0590. The van der Waals surface area contributed by atoms with Gasteiger partial charge in [0, 0.05) is 12.6 Å². The lowest BCUT2D eigenvalue weighted by atomic mass is 10.1. The molecule has 0 radical (unpaired) electrons. The Morgan fingerprint density at radius 3 is 2.20 bits per heavy atom. The van der Waals surface area contributed by atoms with E-state index in [9.17, 15) is 4.79 Å². The summed E-state index contributed by atoms with van der Waals surface area (Å²) in [4.78, 5) is 14.7. The van der Waals surface area contributed by atoms with E-state index in [1.54, 1.807) is 0 Å². The molecule has 1 amide bonds. The first-order valence-corrected chi connectivity index (χ1v) is 9.03. The van der Waals surface area contributed by atoms with Crippen LogP contribution in [0.4, 0.5) is 4.79 Å². The molecule has 1 saturated heterocycles. The topological polar surface area (TPSA) is 41.6 Å². The first-order chi connectivity index (χ1) is 12.3. The third-order valence-electron chi connectivity index (χ3n) is 4.54. The Bertz CT molecular complexity index is 639. The maximum Gasteiger partial charge on any atom is 0.407 e. The van der Waals surface area contributed by atoms with Crippen LogP contribution in [-0.4, -0.2) is 36.7 Å². The second-order valence-corrected chi connectivity index (χ2v) is 6.60. The van der Waals surface area contributed by atoms with Crippen molar-refractivity contribution in [2.75, 3.05) is 19.6 Å². The van der Waals surface area contributed by atoms with E-state index >= 15 is 0 Å². The molecule has 4 heteroatoms. The van der Waals surface area contributed by atoms with E-state index in [2.05, 4.69) is 22.3 Å². The first kappa shape index (κ1) is 17.5. The number of alkyl carbamates (subject to hydrolysis) is 1. The second kappa shape index (κ2) is 9.23. The first-order valence-electron chi connectivity index (χ1n) is 9.03. The summed E-state index contributed by atoms with van der Waals surface area (Å²) in [6.07, 6.45) is 2.97. The third kappa shape index (κ3) is 5.91. The summed E-state index contributed by atoms with van der Waals surface area (Å²) in [6, 6.07) is 20.1. The van der Waals surface area contributed by atoms with E-state index in [4.69, 9.17) is 4.74 Å². The van der Waals surface area contributed by atoms with Gasteiger partial charge in [-0.05, 0) is 43.5 Å². The number of hydrogen-bond donors (Lipinski definition) is 1. The van der Waals surface area contributed by atoms with Crippen LogP contribution in [0.15, 0.2) is 60.7 Å². The smallest absolute Gasteiger partial charge is 0.407 e. The molecule has 1 aliphatic rings. The number of amides is 1. The number of hydrogen-bond acceptors (Lipinski definition) is 3. The number of rotatable bonds is 7. The van der Waals surface area contributed by atoms with Crippen LogP contribution < -0.4 is 5.32 Å². The van der Waals surface area contributed by atoms with E-state index < -0.39 is 0 Å². The van der Waals surface area contributed by atoms with Crippen molar-refractivity contribution in [2.24, 2.45) is 0 Å². The van der Waals surface area contributed by atoms with Gasteiger partial charge in [-0.1, -0.05) is 60.7 Å². The van der Waals surface area contributed by atoms with Crippen LogP contribution in [0.1, 0.15) is 24.0 Å². The van der Waals surface area contributed by atoms with Crippen molar-refractivity contribution >= 4 is 6.09 Å². The number of nitrogens with one attached hydrogen (secondary N) is 1. The minimum atomic E-state index is -0.344. The largest absolute Gasteiger partial charge is 0.445 e. The number of carbonyl (C=O) groups excluding carboxylic acids is 1. The Morgan fingerprint density at radius 2 is 1.56 bits per heavy atom. The third-order valence-corrected chi connectivity index (χ3v) is 4.54. The van der Waals surface area contributed by atoms with Gasteiger partial charge in [0.2, 0.25) is 0 Å². The van der Waals surface area contributed by atoms with Crippen LogP contribution in [0.25, 0.3) is 0 Å². The lowest BCUT2D eigenvalue weighted by molar-refractivity contribution is 0.132. The highest BCUT2D eigenvalue weighted by atomic mass is 16.5. The van der Waals surface area contributed by atoms with Gasteiger partial charge in [-0.25, -0.2) is 4.79 Å². The van der Waals surface area contributed by atoms with E-state index in [-0.39, 0.29) is 12.1 Å². The molecule has 1 heterocycles. The van der Waals surface area contributed by atoms with Gasteiger partial charge in [0.15, 0.2) is 0 Å². The Hall–Kier alpha value is -2.33. The molecule has 4 nitrogen and oxygen atoms in total. The zero-order valence-electron chi connectivity index (χ0n) is 14.6. The number of carbonyl (C=O) groups is 1. The fourth-order valence-corrected chi connectivity index (χ4v) is 3.27. The van der Waals surface area contributed by atoms with Gasteiger partial charge in [-0.2, -0.15) is 0 Å². The quantitative estimate of drug-likeness (QED) is 0.838. The maximum atomic E-state index is 12.2. The van der Waals surface area contributed by atoms with Crippen molar-refractivity contribution in [2.45, 2.75) is 31.9 Å². The maximum absolute atomic E-state index is 12.2. The summed E-state index contributed by atoms with van der Waals surface area (Å²) in [6.45, 7) is 3.40. The average Bonchev–Trinajstić information content (AvgIpc) is 3.15. The number of likely N-dealkylation sites (tertiary alicyclic amines) is 1. The van der Waals surface area contributed by atoms with Gasteiger partial charge >= 0.3 is 6.09 Å². The molecule has 2 aromatic rings. The van der Waals surface area contributed by atoms with E-state index in [1.807, 2.05) is 48.5 Å². The zero-order chi connectivity index (χ0) is 17.3. The van der Waals surface area contributed by atoms with Gasteiger partial charge in [0.1, 0.15) is 6.61 Å². The van der Waals surface area contributed by atoms with Crippen LogP contribution >= 0.6 is 0 Å². The van der Waals surface area contributed by atoms with Crippen LogP contribution in [-0.2, 0) is 17.8 Å². The van der Waals surface area contributed by atoms with Crippen LogP contribution in [0.2, 0.25) is 0 Å². The minimum Gasteiger partial charge on any atom is -0.445 e. The summed E-state index contributed by atoms with van der Waals surface area (Å²) < 4.78 is 5.39. The van der Waals surface area contributed by atoms with Crippen LogP contribution in [0.5, 0.6) is 0 Å². The average molecular weight is 338 g/mol. The molecule has 0 bridgehead atoms. The highest BCUT2D eigenvalue weighted by molar-refractivity contribution is 5.67. The molecule has 132 valence electrons. The predicted octanol–water partition coefficient (Wildman–Crippen LogP) is 3.62. The molecule has 1 fully saturated rings. The SMILES string of the molecule is O=C(NC(Cc1ccccc1)CN1CCCC1)OCc1ccccc1. The summed E-state index contributed by atoms with van der Waals surface area (Å²) in [5.74, 6) is 0. The summed E-state index contributed by atoms with van der Waals surface area (Å²) in [5, 5.41) is 3.06. The molecule has 3 rings (SSSR count). The molecule has 2 aromatic carbocycles. The highest BCUT2D eigenvalue weighted by Gasteiger charge is 2.20. The lowest BCUT2D eigenvalue weighted by Gasteiger charge is -2.24. The molecule has 0 spiro atoms. The molecule has 0 aromatic heterocycles. The van der Waals surface area contributed by atoms with E-state index in [0.29, 0.717) is 6.61 Å². The Balaban J connectivity index is 1.54. The van der Waals surface area contributed by atoms with Gasteiger partial charge in [0.25, 0.3) is 0 Å². The highest BCUT2D eigenvalue weighted by Crippen LogP contribution is 2.11. The van der Waals surface area contributed by atoms with Gasteiger partial charge in [-0.3, -0.25) is 0 Å². The molecular formula is C21H26N2O2. The number of benzene rings is 2. The lowest BCUT2D eigenvalue weighted by Crippen LogP contribution is -2.44. The Labute approximate surface area is 149 Å². The predicted molar refractivity (Wildman–Crippen MR) is 99.4 cm³/mol. The fraction of sp³-hybridized carbons (Fsp3) is 0.381. The zero-order valence-corrected chi connectivity index (χ0v) is 14.6. The standard InChI is InChI=1S/C21H26N2O2/c24-21(25-17-19-11-5-2-6-12-19)22-20(16-23-13-7-8-14-23)15-18-9-3-1-4-10-18/h1-6,9-12,20H,7-8,13-17H2,(H,22,24). The van der Waals surface area contributed by atoms with Gasteiger partial charge in [-0.15, -0.1) is 0 Å². The fourth-order valence-electron chi connectivity index (χ4n) is 3.27. The van der Waals surface area contributed by atoms with Crippen molar-refractivity contribution in [3.8, 4) is 0 Å². The Morgan fingerprint density at radius 1 is 0.960 bits per heavy atom. The molecule has 1 aliphatic heterocycles. The molecule has 25 heavy (non-hydrogen) atoms.